The molecule has 7 nitrogen and oxygen atoms in total. The minimum atomic E-state index is -0.659. The SMILES string of the molecule is CC(=O)c1ccc(NCC(O)Cn2cc(C=C3C(=O)N(c4ccccc4)N=C3C)c3ccccc32)cc1. The van der Waals surface area contributed by atoms with Gasteiger partial charge in [0.25, 0.3) is 5.91 Å². The number of fused-ring (bicyclic) bond motifs is 1. The van der Waals surface area contributed by atoms with Gasteiger partial charge in [0.2, 0.25) is 0 Å². The van der Waals surface area contributed by atoms with Crippen LogP contribution in [-0.4, -0.2) is 39.7 Å². The average Bonchev–Trinajstić information content (AvgIpc) is 3.40. The predicted octanol–water partition coefficient (Wildman–Crippen LogP) is 5.12. The fourth-order valence-corrected chi connectivity index (χ4v) is 4.48. The molecule has 1 aliphatic rings. The van der Waals surface area contributed by atoms with Gasteiger partial charge in [0, 0.05) is 40.5 Å². The van der Waals surface area contributed by atoms with Gasteiger partial charge in [-0.1, -0.05) is 36.4 Å². The highest BCUT2D eigenvalue weighted by Gasteiger charge is 2.29. The lowest BCUT2D eigenvalue weighted by atomic mass is 10.1. The van der Waals surface area contributed by atoms with E-state index in [1.54, 1.807) is 12.1 Å². The Balaban J connectivity index is 1.35. The number of para-hydroxylation sites is 2. The van der Waals surface area contributed by atoms with Crippen molar-refractivity contribution >= 4 is 45.8 Å². The number of aliphatic hydroxyl groups excluding tert-OH is 1. The Morgan fingerprint density at radius 1 is 1.03 bits per heavy atom. The maximum absolute atomic E-state index is 13.2. The van der Waals surface area contributed by atoms with E-state index in [4.69, 9.17) is 0 Å². The molecule has 0 aliphatic carbocycles. The third kappa shape index (κ3) is 5.08. The molecule has 0 saturated heterocycles. The average molecular weight is 493 g/mol. The van der Waals surface area contributed by atoms with Gasteiger partial charge >= 0.3 is 0 Å². The molecule has 0 bridgehead atoms. The molecule has 4 aromatic rings. The largest absolute Gasteiger partial charge is 0.389 e. The smallest absolute Gasteiger partial charge is 0.280 e. The first-order valence-corrected chi connectivity index (χ1v) is 12.2. The summed E-state index contributed by atoms with van der Waals surface area (Å²) in [5.41, 5.74) is 5.28. The van der Waals surface area contributed by atoms with Gasteiger partial charge in [-0.3, -0.25) is 9.59 Å². The normalized spacial score (nSPS) is 15.3. The van der Waals surface area contributed by atoms with Crippen LogP contribution in [-0.2, 0) is 11.3 Å². The van der Waals surface area contributed by atoms with Crippen molar-refractivity contribution in [2.75, 3.05) is 16.9 Å². The summed E-state index contributed by atoms with van der Waals surface area (Å²) in [6.45, 7) is 4.09. The lowest BCUT2D eigenvalue weighted by Crippen LogP contribution is -2.24. The molecule has 1 atom stereocenters. The summed E-state index contributed by atoms with van der Waals surface area (Å²) in [5.74, 6) is -0.147. The first-order valence-electron chi connectivity index (χ1n) is 12.2. The summed E-state index contributed by atoms with van der Waals surface area (Å²) in [6, 6.07) is 24.5. The number of benzene rings is 3. The molecular weight excluding hydrogens is 464 g/mol. The van der Waals surface area contributed by atoms with Crippen molar-refractivity contribution in [1.29, 1.82) is 0 Å². The molecule has 37 heavy (non-hydrogen) atoms. The van der Waals surface area contributed by atoms with E-state index in [0.29, 0.717) is 29.9 Å². The van der Waals surface area contributed by atoms with Gasteiger partial charge in [-0.15, -0.1) is 0 Å². The lowest BCUT2D eigenvalue weighted by Gasteiger charge is -2.14. The third-order valence-corrected chi connectivity index (χ3v) is 6.42. The van der Waals surface area contributed by atoms with Gasteiger partial charge in [-0.05, 0) is 62.4 Å². The van der Waals surface area contributed by atoms with Gasteiger partial charge in [0.15, 0.2) is 5.78 Å². The van der Waals surface area contributed by atoms with Crippen LogP contribution >= 0.6 is 0 Å². The summed E-state index contributed by atoms with van der Waals surface area (Å²) in [6.07, 6.45) is 3.19. The summed E-state index contributed by atoms with van der Waals surface area (Å²) < 4.78 is 2.01. The van der Waals surface area contributed by atoms with E-state index in [2.05, 4.69) is 10.4 Å². The van der Waals surface area contributed by atoms with E-state index >= 15 is 0 Å². The molecule has 1 unspecified atom stereocenters. The molecular formula is C30H28N4O3. The molecule has 5 rings (SSSR count). The minimum Gasteiger partial charge on any atom is -0.389 e. The zero-order valence-electron chi connectivity index (χ0n) is 20.8. The number of amides is 1. The molecule has 1 aromatic heterocycles. The molecule has 1 aliphatic heterocycles. The van der Waals surface area contributed by atoms with E-state index in [1.165, 1.54) is 11.9 Å². The van der Waals surface area contributed by atoms with Crippen LogP contribution in [0.15, 0.2) is 95.7 Å². The van der Waals surface area contributed by atoms with Gasteiger partial charge in [-0.2, -0.15) is 10.1 Å². The second-order valence-electron chi connectivity index (χ2n) is 9.12. The molecule has 0 spiro atoms. The topological polar surface area (TPSA) is 86.9 Å². The number of carbonyl (C=O) groups is 2. The number of nitrogens with zero attached hydrogens (tertiary/aromatic N) is 3. The van der Waals surface area contributed by atoms with E-state index < -0.39 is 6.10 Å². The molecule has 3 aromatic carbocycles. The molecule has 7 heteroatoms. The Morgan fingerprint density at radius 2 is 1.73 bits per heavy atom. The Kier molecular flexibility index (Phi) is 6.70. The van der Waals surface area contributed by atoms with Crippen LogP contribution in [0.25, 0.3) is 17.0 Å². The van der Waals surface area contributed by atoms with Crippen LogP contribution in [0.1, 0.15) is 29.8 Å². The fraction of sp³-hybridized carbons (Fsp3) is 0.167. The highest BCUT2D eigenvalue weighted by Crippen LogP contribution is 2.28. The molecule has 0 fully saturated rings. The number of rotatable bonds is 8. The zero-order valence-corrected chi connectivity index (χ0v) is 20.8. The fourth-order valence-electron chi connectivity index (χ4n) is 4.48. The zero-order chi connectivity index (χ0) is 25.9. The van der Waals surface area contributed by atoms with Gasteiger partial charge in [0.05, 0.1) is 29.6 Å². The van der Waals surface area contributed by atoms with Crippen molar-refractivity contribution < 1.29 is 14.7 Å². The Bertz CT molecular complexity index is 1520. The second-order valence-corrected chi connectivity index (χ2v) is 9.12. The Morgan fingerprint density at radius 3 is 2.46 bits per heavy atom. The number of anilines is 2. The molecule has 2 heterocycles. The number of ketones is 1. The molecule has 0 saturated carbocycles. The number of hydrazone groups is 1. The molecule has 1 amide bonds. The maximum atomic E-state index is 13.2. The first-order chi connectivity index (χ1) is 17.9. The van der Waals surface area contributed by atoms with Crippen LogP contribution < -0.4 is 10.3 Å². The van der Waals surface area contributed by atoms with Crippen molar-refractivity contribution in [2.45, 2.75) is 26.5 Å². The standard InChI is InChI=1S/C30H28N4O3/c1-20-28(30(37)34(32-20)25-8-4-3-5-9-25)16-23-18-33(29-11-7-6-10-27(23)29)19-26(36)17-31-24-14-12-22(13-15-24)21(2)35/h3-16,18,26,31,36H,17,19H2,1-2H3. The Labute approximate surface area is 215 Å². The van der Waals surface area contributed by atoms with Crippen LogP contribution in [0, 0.1) is 0 Å². The van der Waals surface area contributed by atoms with Gasteiger partial charge < -0.3 is 15.0 Å². The maximum Gasteiger partial charge on any atom is 0.280 e. The van der Waals surface area contributed by atoms with Crippen LogP contribution in [0.3, 0.4) is 0 Å². The first kappa shape index (κ1) is 24.2. The van der Waals surface area contributed by atoms with E-state index in [0.717, 1.165) is 27.8 Å². The van der Waals surface area contributed by atoms with Crippen molar-refractivity contribution in [2.24, 2.45) is 5.10 Å². The lowest BCUT2D eigenvalue weighted by molar-refractivity contribution is -0.114. The quantitative estimate of drug-likeness (QED) is 0.264. The summed E-state index contributed by atoms with van der Waals surface area (Å²) in [4.78, 5) is 24.7. The number of nitrogens with one attached hydrogen (secondary N) is 1. The monoisotopic (exact) mass is 492 g/mol. The number of aliphatic hydroxyl groups is 1. The minimum absolute atomic E-state index is 0.0189. The summed E-state index contributed by atoms with van der Waals surface area (Å²) in [5, 5.41) is 20.9. The number of aromatic nitrogens is 1. The van der Waals surface area contributed by atoms with Gasteiger partial charge in [0.1, 0.15) is 0 Å². The highest BCUT2D eigenvalue weighted by atomic mass is 16.3. The predicted molar refractivity (Wildman–Crippen MR) is 148 cm³/mol. The number of hydrogen-bond acceptors (Lipinski definition) is 5. The number of Topliss-reactive ketones (excluding diaryl/α,β-unsaturated/α-hetero) is 1. The Hall–Kier alpha value is -4.49. The second kappa shape index (κ2) is 10.2. The highest BCUT2D eigenvalue weighted by molar-refractivity contribution is 6.32. The van der Waals surface area contributed by atoms with E-state index in [1.807, 2.05) is 90.5 Å². The number of hydrogen-bond donors (Lipinski definition) is 2. The number of carbonyl (C=O) groups excluding carboxylic acids is 2. The van der Waals surface area contributed by atoms with Crippen molar-refractivity contribution in [3.8, 4) is 0 Å². The van der Waals surface area contributed by atoms with Gasteiger partial charge in [-0.25, -0.2) is 0 Å². The van der Waals surface area contributed by atoms with E-state index in [-0.39, 0.29) is 11.7 Å². The molecule has 2 N–H and O–H groups in total. The molecule has 0 radical (unpaired) electrons. The molecule has 186 valence electrons. The van der Waals surface area contributed by atoms with Crippen LogP contribution in [0.4, 0.5) is 11.4 Å². The van der Waals surface area contributed by atoms with Crippen molar-refractivity contribution in [3.63, 3.8) is 0 Å². The summed E-state index contributed by atoms with van der Waals surface area (Å²) >= 11 is 0. The third-order valence-electron chi connectivity index (χ3n) is 6.42. The van der Waals surface area contributed by atoms with Crippen molar-refractivity contribution in [1.82, 2.24) is 4.57 Å². The van der Waals surface area contributed by atoms with Crippen LogP contribution in [0.5, 0.6) is 0 Å². The van der Waals surface area contributed by atoms with E-state index in [9.17, 15) is 14.7 Å². The van der Waals surface area contributed by atoms with Crippen molar-refractivity contribution in [3.05, 3.63) is 102 Å². The van der Waals surface area contributed by atoms with Crippen LogP contribution in [0.2, 0.25) is 0 Å². The summed E-state index contributed by atoms with van der Waals surface area (Å²) in [7, 11) is 0.